The van der Waals surface area contributed by atoms with Crippen LogP contribution in [0.5, 0.6) is 5.88 Å². The topological polar surface area (TPSA) is 51.4 Å². The van der Waals surface area contributed by atoms with Gasteiger partial charge in [0, 0.05) is 13.1 Å². The molecule has 1 aromatic rings. The van der Waals surface area contributed by atoms with Crippen LogP contribution in [0.15, 0.2) is 12.1 Å². The molecular weight excluding hydrogens is 178 g/mol. The maximum Gasteiger partial charge on any atom is 0.238 e. The van der Waals surface area contributed by atoms with E-state index in [1.165, 1.54) is 0 Å². The molecule has 4 nitrogen and oxygen atoms in total. The van der Waals surface area contributed by atoms with Crippen molar-refractivity contribution in [3.05, 3.63) is 12.1 Å². The summed E-state index contributed by atoms with van der Waals surface area (Å²) in [6, 6.07) is 3.73. The summed E-state index contributed by atoms with van der Waals surface area (Å²) in [6.45, 7) is 6.04. The van der Waals surface area contributed by atoms with Crippen LogP contribution in [0.1, 0.15) is 13.8 Å². The highest BCUT2D eigenvalue weighted by atomic mass is 16.5. The van der Waals surface area contributed by atoms with Crippen LogP contribution in [0.2, 0.25) is 0 Å². The maximum atomic E-state index is 5.68. The molecule has 0 radical (unpaired) electrons. The summed E-state index contributed by atoms with van der Waals surface area (Å²) in [6.07, 6.45) is 0. The smallest absolute Gasteiger partial charge is 0.238 e. The highest BCUT2D eigenvalue weighted by Gasteiger charge is 2.06. The van der Waals surface area contributed by atoms with Crippen LogP contribution in [0, 0.1) is 0 Å². The number of nitrogens with zero attached hydrogens (tertiary/aromatic N) is 2. The number of hydrogen-bond donors (Lipinski definition) is 1. The molecule has 2 N–H and O–H groups in total. The Labute approximate surface area is 84.7 Å². The third-order valence-electron chi connectivity index (χ3n) is 2.16. The summed E-state index contributed by atoms with van der Waals surface area (Å²) in [5.74, 6) is 1.40. The van der Waals surface area contributed by atoms with Gasteiger partial charge in [-0.3, -0.25) is 0 Å². The molecule has 78 valence electrons. The van der Waals surface area contributed by atoms with E-state index in [0.717, 1.165) is 18.9 Å². The number of methoxy groups -OCH3 is 1. The number of rotatable bonds is 4. The molecule has 0 aromatic carbocycles. The lowest BCUT2D eigenvalue weighted by Gasteiger charge is -2.20. The number of nitrogens with two attached hydrogens (primary N) is 1. The maximum absolute atomic E-state index is 5.68. The van der Waals surface area contributed by atoms with E-state index in [-0.39, 0.29) is 0 Å². The Balaban J connectivity index is 2.98. The van der Waals surface area contributed by atoms with E-state index in [9.17, 15) is 0 Å². The first-order valence-corrected chi connectivity index (χ1v) is 4.78. The van der Waals surface area contributed by atoms with Gasteiger partial charge in [-0.05, 0) is 26.0 Å². The Bertz CT molecular complexity index is 297. The fourth-order valence-electron chi connectivity index (χ4n) is 1.33. The minimum absolute atomic E-state index is 0.495. The van der Waals surface area contributed by atoms with Gasteiger partial charge in [0.25, 0.3) is 0 Å². The first-order chi connectivity index (χ1) is 6.72. The van der Waals surface area contributed by atoms with Crippen LogP contribution < -0.4 is 15.4 Å². The number of pyridine rings is 1. The fourth-order valence-corrected chi connectivity index (χ4v) is 1.33. The molecule has 0 amide bonds. The van der Waals surface area contributed by atoms with Gasteiger partial charge < -0.3 is 15.4 Å². The van der Waals surface area contributed by atoms with Crippen molar-refractivity contribution < 1.29 is 4.74 Å². The number of ether oxygens (including phenoxy) is 1. The summed E-state index contributed by atoms with van der Waals surface area (Å²) in [7, 11) is 1.57. The molecule has 0 fully saturated rings. The lowest BCUT2D eigenvalue weighted by Crippen LogP contribution is -2.23. The van der Waals surface area contributed by atoms with E-state index in [2.05, 4.69) is 23.7 Å². The monoisotopic (exact) mass is 195 g/mol. The van der Waals surface area contributed by atoms with Crippen molar-refractivity contribution in [3.8, 4) is 5.88 Å². The quantitative estimate of drug-likeness (QED) is 0.791. The molecule has 0 unspecified atom stereocenters. The van der Waals surface area contributed by atoms with Gasteiger partial charge in [-0.25, -0.2) is 0 Å². The largest absolute Gasteiger partial charge is 0.479 e. The summed E-state index contributed by atoms with van der Waals surface area (Å²) >= 11 is 0. The molecule has 0 aliphatic carbocycles. The van der Waals surface area contributed by atoms with Gasteiger partial charge in [-0.15, -0.1) is 0 Å². The molecule has 0 bridgehead atoms. The van der Waals surface area contributed by atoms with Crippen LogP contribution in [0.4, 0.5) is 11.5 Å². The van der Waals surface area contributed by atoms with Crippen molar-refractivity contribution in [2.45, 2.75) is 13.8 Å². The van der Waals surface area contributed by atoms with E-state index in [0.29, 0.717) is 11.6 Å². The fraction of sp³-hybridized carbons (Fsp3) is 0.500. The summed E-state index contributed by atoms with van der Waals surface area (Å²) in [5.41, 5.74) is 6.25. The molecule has 0 aliphatic heterocycles. The van der Waals surface area contributed by atoms with Crippen molar-refractivity contribution in [2.24, 2.45) is 0 Å². The molecular formula is C10H17N3O. The average Bonchev–Trinajstić information content (AvgIpc) is 2.22. The van der Waals surface area contributed by atoms with Gasteiger partial charge in [-0.1, -0.05) is 0 Å². The van der Waals surface area contributed by atoms with Gasteiger partial charge in [0.15, 0.2) is 0 Å². The molecule has 4 heteroatoms. The molecule has 0 saturated carbocycles. The predicted molar refractivity (Wildman–Crippen MR) is 58.8 cm³/mol. The van der Waals surface area contributed by atoms with Crippen molar-refractivity contribution in [1.82, 2.24) is 4.98 Å². The molecule has 1 rings (SSSR count). The van der Waals surface area contributed by atoms with E-state index < -0.39 is 0 Å². The third kappa shape index (κ3) is 2.07. The van der Waals surface area contributed by atoms with E-state index in [1.54, 1.807) is 7.11 Å². The molecule has 1 heterocycles. The Morgan fingerprint density at radius 2 is 2.00 bits per heavy atom. The zero-order chi connectivity index (χ0) is 10.6. The van der Waals surface area contributed by atoms with Gasteiger partial charge in [0.2, 0.25) is 5.88 Å². The van der Waals surface area contributed by atoms with Gasteiger partial charge in [0.05, 0.1) is 12.8 Å². The number of aromatic nitrogens is 1. The summed E-state index contributed by atoms with van der Waals surface area (Å²) in [4.78, 5) is 6.45. The minimum Gasteiger partial charge on any atom is -0.479 e. The second-order valence-electron chi connectivity index (χ2n) is 2.94. The first kappa shape index (κ1) is 10.6. The van der Waals surface area contributed by atoms with Crippen LogP contribution in [-0.2, 0) is 0 Å². The molecule has 0 spiro atoms. The Morgan fingerprint density at radius 3 is 2.50 bits per heavy atom. The Morgan fingerprint density at radius 1 is 1.36 bits per heavy atom. The Hall–Kier alpha value is -1.45. The van der Waals surface area contributed by atoms with Gasteiger partial charge >= 0.3 is 0 Å². The second-order valence-corrected chi connectivity index (χ2v) is 2.94. The van der Waals surface area contributed by atoms with Crippen LogP contribution >= 0.6 is 0 Å². The van der Waals surface area contributed by atoms with Crippen LogP contribution in [-0.4, -0.2) is 25.2 Å². The second kappa shape index (κ2) is 4.69. The van der Waals surface area contributed by atoms with Gasteiger partial charge in [0.1, 0.15) is 5.82 Å². The van der Waals surface area contributed by atoms with E-state index in [1.807, 2.05) is 12.1 Å². The van der Waals surface area contributed by atoms with Crippen LogP contribution in [0.25, 0.3) is 0 Å². The van der Waals surface area contributed by atoms with Crippen molar-refractivity contribution >= 4 is 11.5 Å². The normalized spacial score (nSPS) is 9.93. The van der Waals surface area contributed by atoms with Crippen molar-refractivity contribution in [3.63, 3.8) is 0 Å². The molecule has 1 aromatic heterocycles. The highest BCUT2D eigenvalue weighted by molar-refractivity contribution is 5.54. The lowest BCUT2D eigenvalue weighted by molar-refractivity contribution is 0.400. The summed E-state index contributed by atoms with van der Waals surface area (Å²) < 4.78 is 5.06. The lowest BCUT2D eigenvalue weighted by atomic mass is 10.3. The SMILES string of the molecule is CCN(CC)c1ccc(N)c(OC)n1. The number of nitrogen functional groups attached to an aromatic ring is 1. The van der Waals surface area contributed by atoms with Gasteiger partial charge in [-0.2, -0.15) is 4.98 Å². The standard InChI is InChI=1S/C10H17N3O/c1-4-13(5-2)9-7-6-8(11)10(12-9)14-3/h6-7H,4-5,11H2,1-3H3. The average molecular weight is 195 g/mol. The molecule has 0 atom stereocenters. The van der Waals surface area contributed by atoms with Crippen molar-refractivity contribution in [1.29, 1.82) is 0 Å². The third-order valence-corrected chi connectivity index (χ3v) is 2.16. The summed E-state index contributed by atoms with van der Waals surface area (Å²) in [5, 5.41) is 0. The highest BCUT2D eigenvalue weighted by Crippen LogP contribution is 2.22. The zero-order valence-electron chi connectivity index (χ0n) is 8.95. The van der Waals surface area contributed by atoms with Crippen molar-refractivity contribution in [2.75, 3.05) is 30.8 Å². The zero-order valence-corrected chi connectivity index (χ0v) is 8.95. The number of hydrogen-bond acceptors (Lipinski definition) is 4. The molecule has 14 heavy (non-hydrogen) atoms. The first-order valence-electron chi connectivity index (χ1n) is 4.78. The number of anilines is 2. The van der Waals surface area contributed by atoms with E-state index in [4.69, 9.17) is 10.5 Å². The predicted octanol–water partition coefficient (Wildman–Crippen LogP) is 1.52. The minimum atomic E-state index is 0.495. The molecule has 0 aliphatic rings. The van der Waals surface area contributed by atoms with E-state index >= 15 is 0 Å². The van der Waals surface area contributed by atoms with Crippen LogP contribution in [0.3, 0.4) is 0 Å². The molecule has 0 saturated heterocycles. The Kier molecular flexibility index (Phi) is 3.56.